The molecule has 0 unspecified atom stereocenters. The number of hydrogen-bond donors (Lipinski definition) is 4. The van der Waals surface area contributed by atoms with Crippen LogP contribution in [0.3, 0.4) is 0 Å². The third kappa shape index (κ3) is 3.93. The molecule has 0 amide bonds. The van der Waals surface area contributed by atoms with Crippen molar-refractivity contribution in [3.8, 4) is 45.3 Å². The summed E-state index contributed by atoms with van der Waals surface area (Å²) in [6.07, 6.45) is -6.19. The SMILES string of the molecule is O=C(O)Oc1ccc2c(c1)C1(c3cc(OC(=O)O)ccc3-2)c2cc(OC(=O)O)ccc2-c2ccc(OC(=O)O)cc21. The number of fused-ring (bicyclic) bond motifs is 10. The first kappa shape index (κ1) is 25.2. The average molecular weight is 556 g/mol. The summed E-state index contributed by atoms with van der Waals surface area (Å²) in [7, 11) is 0. The van der Waals surface area contributed by atoms with Crippen molar-refractivity contribution in [3.63, 3.8) is 0 Å². The fourth-order valence-corrected chi connectivity index (χ4v) is 5.80. The molecule has 4 N–H and O–H groups in total. The average Bonchev–Trinajstić information content (AvgIpc) is 3.33. The number of carbonyl (C=O) groups is 4. The van der Waals surface area contributed by atoms with E-state index in [4.69, 9.17) is 18.9 Å². The predicted octanol–water partition coefficient (Wildman–Crippen LogP) is 6.26. The highest BCUT2D eigenvalue weighted by molar-refractivity contribution is 5.96. The summed E-state index contributed by atoms with van der Waals surface area (Å²) in [5.74, 6) is -0.0692. The highest BCUT2D eigenvalue weighted by atomic mass is 16.7. The van der Waals surface area contributed by atoms with E-state index in [1.54, 1.807) is 24.3 Å². The zero-order valence-corrected chi connectivity index (χ0v) is 20.5. The van der Waals surface area contributed by atoms with Crippen molar-refractivity contribution in [2.45, 2.75) is 5.41 Å². The van der Waals surface area contributed by atoms with E-state index in [2.05, 4.69) is 0 Å². The Kier molecular flexibility index (Phi) is 5.55. The fourth-order valence-electron chi connectivity index (χ4n) is 5.80. The minimum absolute atomic E-state index is 0.0173. The highest BCUT2D eigenvalue weighted by Crippen LogP contribution is 2.64. The molecule has 0 aromatic heterocycles. The zero-order chi connectivity index (χ0) is 29.1. The van der Waals surface area contributed by atoms with E-state index in [9.17, 15) is 39.6 Å². The van der Waals surface area contributed by atoms with Crippen molar-refractivity contribution in [1.82, 2.24) is 0 Å². The van der Waals surface area contributed by atoms with E-state index in [-0.39, 0.29) is 23.0 Å². The van der Waals surface area contributed by atoms with Gasteiger partial charge in [-0.05, 0) is 93.0 Å². The molecule has 0 bridgehead atoms. The van der Waals surface area contributed by atoms with E-state index < -0.39 is 30.0 Å². The second kappa shape index (κ2) is 9.02. The molecule has 0 aliphatic heterocycles. The van der Waals surface area contributed by atoms with Gasteiger partial charge in [-0.2, -0.15) is 0 Å². The molecule has 2 aliphatic carbocycles. The molecule has 0 radical (unpaired) electrons. The first-order valence-corrected chi connectivity index (χ1v) is 11.8. The third-order valence-corrected chi connectivity index (χ3v) is 6.98. The third-order valence-electron chi connectivity index (χ3n) is 6.98. The molecule has 2 aliphatic rings. The van der Waals surface area contributed by atoms with Gasteiger partial charge in [0, 0.05) is 0 Å². The number of benzene rings is 4. The molecular weight excluding hydrogens is 540 g/mol. The molecule has 4 aromatic rings. The Hall–Kier alpha value is -6.04. The molecule has 0 atom stereocenters. The van der Waals surface area contributed by atoms with E-state index in [0.717, 1.165) is 0 Å². The van der Waals surface area contributed by atoms with Crippen LogP contribution >= 0.6 is 0 Å². The van der Waals surface area contributed by atoms with Crippen LogP contribution in [0.2, 0.25) is 0 Å². The van der Waals surface area contributed by atoms with Crippen molar-refractivity contribution in [2.24, 2.45) is 0 Å². The Labute approximate surface area is 229 Å². The first-order chi connectivity index (χ1) is 19.6. The van der Waals surface area contributed by atoms with Crippen LogP contribution in [-0.4, -0.2) is 45.0 Å². The summed E-state index contributed by atoms with van der Waals surface area (Å²) in [6.45, 7) is 0. The van der Waals surface area contributed by atoms with Gasteiger partial charge in [0.15, 0.2) is 0 Å². The minimum Gasteiger partial charge on any atom is -0.449 e. The van der Waals surface area contributed by atoms with Gasteiger partial charge in [-0.1, -0.05) is 24.3 Å². The second-order valence-electron chi connectivity index (χ2n) is 9.05. The van der Waals surface area contributed by atoms with Crippen LogP contribution in [0.25, 0.3) is 22.3 Å². The molecule has 12 nitrogen and oxygen atoms in total. The van der Waals surface area contributed by atoms with Gasteiger partial charge in [0.2, 0.25) is 0 Å². The molecule has 0 fully saturated rings. The van der Waals surface area contributed by atoms with Gasteiger partial charge in [0.1, 0.15) is 23.0 Å². The lowest BCUT2D eigenvalue weighted by Gasteiger charge is -2.31. The zero-order valence-electron chi connectivity index (χ0n) is 20.5. The van der Waals surface area contributed by atoms with Crippen LogP contribution < -0.4 is 18.9 Å². The lowest BCUT2D eigenvalue weighted by atomic mass is 9.70. The summed E-state index contributed by atoms with van der Waals surface area (Å²) in [5, 5.41) is 37.1. The Morgan fingerprint density at radius 3 is 0.829 bits per heavy atom. The van der Waals surface area contributed by atoms with Gasteiger partial charge in [0.25, 0.3) is 0 Å². The minimum atomic E-state index is -1.55. The number of carboxylic acid groups (broad SMARTS) is 4. The molecule has 0 saturated heterocycles. The number of hydrogen-bond acceptors (Lipinski definition) is 8. The Morgan fingerprint density at radius 2 is 0.634 bits per heavy atom. The molecule has 204 valence electrons. The van der Waals surface area contributed by atoms with Gasteiger partial charge in [-0.25, -0.2) is 19.2 Å². The molecule has 4 aromatic carbocycles. The van der Waals surface area contributed by atoms with Crippen molar-refractivity contribution in [1.29, 1.82) is 0 Å². The lowest BCUT2D eigenvalue weighted by molar-refractivity contribution is 0.143. The van der Waals surface area contributed by atoms with Gasteiger partial charge in [0.05, 0.1) is 5.41 Å². The topological polar surface area (TPSA) is 186 Å². The monoisotopic (exact) mass is 556 g/mol. The van der Waals surface area contributed by atoms with Crippen LogP contribution in [0.5, 0.6) is 23.0 Å². The summed E-state index contributed by atoms with van der Waals surface area (Å²) in [4.78, 5) is 45.6. The maximum Gasteiger partial charge on any atom is 0.511 e. The molecular formula is C29H16O12. The van der Waals surface area contributed by atoms with Crippen molar-refractivity contribution < 1.29 is 58.6 Å². The Bertz CT molecular complexity index is 1560. The fraction of sp³-hybridized carbons (Fsp3) is 0.0345. The van der Waals surface area contributed by atoms with Crippen molar-refractivity contribution in [2.75, 3.05) is 0 Å². The number of rotatable bonds is 4. The normalized spacial score (nSPS) is 12.9. The summed E-state index contributed by atoms with van der Waals surface area (Å²) in [5.41, 5.74) is 3.16. The smallest absolute Gasteiger partial charge is 0.449 e. The maximum atomic E-state index is 11.4. The molecule has 0 saturated carbocycles. The largest absolute Gasteiger partial charge is 0.511 e. The van der Waals surface area contributed by atoms with Gasteiger partial charge < -0.3 is 39.4 Å². The van der Waals surface area contributed by atoms with E-state index in [1.807, 2.05) is 0 Å². The molecule has 0 heterocycles. The van der Waals surface area contributed by atoms with Crippen LogP contribution in [0.1, 0.15) is 22.3 Å². The summed E-state index contributed by atoms with van der Waals surface area (Å²) >= 11 is 0. The molecule has 1 spiro atoms. The van der Waals surface area contributed by atoms with E-state index in [0.29, 0.717) is 44.5 Å². The van der Waals surface area contributed by atoms with E-state index in [1.165, 1.54) is 48.5 Å². The summed E-state index contributed by atoms with van der Waals surface area (Å²) in [6, 6.07) is 18.5. The summed E-state index contributed by atoms with van der Waals surface area (Å²) < 4.78 is 19.8. The quantitative estimate of drug-likeness (QED) is 0.141. The molecule has 6 rings (SSSR count). The van der Waals surface area contributed by atoms with E-state index >= 15 is 0 Å². The first-order valence-electron chi connectivity index (χ1n) is 11.8. The van der Waals surface area contributed by atoms with Gasteiger partial charge >= 0.3 is 24.6 Å². The van der Waals surface area contributed by atoms with Crippen LogP contribution in [-0.2, 0) is 5.41 Å². The van der Waals surface area contributed by atoms with Gasteiger partial charge in [-0.3, -0.25) is 0 Å². The van der Waals surface area contributed by atoms with Crippen molar-refractivity contribution >= 4 is 24.6 Å². The molecule has 41 heavy (non-hydrogen) atoms. The highest BCUT2D eigenvalue weighted by Gasteiger charge is 2.52. The standard InChI is InChI=1S/C29H16O12/c30-25(31)38-13-1-5-17-18-6-2-14(39-26(32)33)10-22(18)29(21(17)9-13)23-11-15(40-27(34)35)3-7-19(23)20-8-4-16(12-24(20)29)41-28(36)37/h1-12H,(H,30,31)(H,32,33)(H,34,35)(H,36,37). The van der Waals surface area contributed by atoms with Crippen LogP contribution in [0, 0.1) is 0 Å². The number of ether oxygens (including phenoxy) is 4. The van der Waals surface area contributed by atoms with Crippen LogP contribution in [0.4, 0.5) is 19.2 Å². The second-order valence-corrected chi connectivity index (χ2v) is 9.05. The lowest BCUT2D eigenvalue weighted by Crippen LogP contribution is -2.26. The van der Waals surface area contributed by atoms with Crippen LogP contribution in [0.15, 0.2) is 72.8 Å². The van der Waals surface area contributed by atoms with Crippen molar-refractivity contribution in [3.05, 3.63) is 95.1 Å². The maximum absolute atomic E-state index is 11.4. The molecule has 12 heteroatoms. The van der Waals surface area contributed by atoms with Gasteiger partial charge in [-0.15, -0.1) is 0 Å². The Morgan fingerprint density at radius 1 is 0.415 bits per heavy atom. The Balaban J connectivity index is 1.74. The predicted molar refractivity (Wildman–Crippen MR) is 137 cm³/mol.